The van der Waals surface area contributed by atoms with Gasteiger partial charge >= 0.3 is 0 Å². The minimum absolute atomic E-state index is 0. The van der Waals surface area contributed by atoms with E-state index in [9.17, 15) is 0 Å². The second-order valence-electron chi connectivity index (χ2n) is 7.17. The van der Waals surface area contributed by atoms with Gasteiger partial charge in [0.1, 0.15) is 0 Å². The predicted octanol–water partition coefficient (Wildman–Crippen LogP) is 3.55. The molecule has 1 aliphatic heterocycles. The van der Waals surface area contributed by atoms with Crippen LogP contribution in [-0.2, 0) is 16.0 Å². The summed E-state index contributed by atoms with van der Waals surface area (Å²) in [7, 11) is 3.37. The summed E-state index contributed by atoms with van der Waals surface area (Å²) in [6.07, 6.45) is 2.09. The smallest absolute Gasteiger partial charge is 0.194 e. The molecule has 0 aromatic heterocycles. The molecule has 1 unspecified atom stereocenters. The van der Waals surface area contributed by atoms with E-state index >= 15 is 0 Å². The summed E-state index contributed by atoms with van der Waals surface area (Å²) >= 11 is 0. The van der Waals surface area contributed by atoms with Gasteiger partial charge < -0.3 is 29.2 Å². The van der Waals surface area contributed by atoms with Gasteiger partial charge in [-0.3, -0.25) is 0 Å². The highest BCUT2D eigenvalue weighted by Crippen LogP contribution is 2.28. The first kappa shape index (κ1) is 26.8. The van der Waals surface area contributed by atoms with Gasteiger partial charge in [0.25, 0.3) is 0 Å². The molecule has 1 aliphatic rings. The predicted molar refractivity (Wildman–Crippen MR) is 131 cm³/mol. The fourth-order valence-corrected chi connectivity index (χ4v) is 3.29. The topological polar surface area (TPSA) is 64.6 Å². The van der Waals surface area contributed by atoms with Gasteiger partial charge in [-0.05, 0) is 37.5 Å². The van der Waals surface area contributed by atoms with Crippen LogP contribution in [0.2, 0.25) is 0 Å². The summed E-state index contributed by atoms with van der Waals surface area (Å²) in [6.45, 7) is 10.3. The maximum atomic E-state index is 5.74. The van der Waals surface area contributed by atoms with E-state index in [4.69, 9.17) is 23.9 Å². The molecule has 1 N–H and O–H groups in total. The Labute approximate surface area is 198 Å². The molecule has 0 radical (unpaired) electrons. The van der Waals surface area contributed by atoms with Crippen LogP contribution in [0, 0.1) is 5.92 Å². The lowest BCUT2D eigenvalue weighted by atomic mass is 10.1. The molecule has 2 rings (SSSR count). The van der Waals surface area contributed by atoms with Crippen molar-refractivity contribution in [1.29, 1.82) is 0 Å². The van der Waals surface area contributed by atoms with Crippen molar-refractivity contribution in [3.05, 3.63) is 23.8 Å². The number of guanidine groups is 1. The molecule has 1 saturated heterocycles. The Morgan fingerprint density at radius 1 is 1.17 bits per heavy atom. The summed E-state index contributed by atoms with van der Waals surface area (Å²) in [6, 6.07) is 6.03. The van der Waals surface area contributed by atoms with Crippen molar-refractivity contribution in [3.8, 4) is 11.5 Å². The number of methoxy groups -OCH3 is 2. The molecule has 0 amide bonds. The first-order valence-corrected chi connectivity index (χ1v) is 10.6. The lowest BCUT2D eigenvalue weighted by Crippen LogP contribution is -2.40. The van der Waals surface area contributed by atoms with Gasteiger partial charge in [0.15, 0.2) is 17.5 Å². The van der Waals surface area contributed by atoms with Crippen molar-refractivity contribution in [2.24, 2.45) is 10.9 Å². The third kappa shape index (κ3) is 8.85. The maximum absolute atomic E-state index is 5.74. The van der Waals surface area contributed by atoms with Gasteiger partial charge in [0.2, 0.25) is 0 Å². The fraction of sp³-hybridized carbons (Fsp3) is 0.682. The van der Waals surface area contributed by atoms with Crippen molar-refractivity contribution in [3.63, 3.8) is 0 Å². The molecular weight excluding hydrogens is 497 g/mol. The zero-order chi connectivity index (χ0) is 20.9. The van der Waals surface area contributed by atoms with E-state index in [0.717, 1.165) is 62.1 Å². The maximum Gasteiger partial charge on any atom is 0.194 e. The highest BCUT2D eigenvalue weighted by molar-refractivity contribution is 14.0. The second-order valence-corrected chi connectivity index (χ2v) is 7.17. The van der Waals surface area contributed by atoms with Gasteiger partial charge in [0.05, 0.1) is 40.1 Å². The Bertz CT molecular complexity index is 630. The molecule has 7 nitrogen and oxygen atoms in total. The molecule has 0 bridgehead atoms. The van der Waals surface area contributed by atoms with E-state index in [2.05, 4.69) is 30.1 Å². The van der Waals surface area contributed by atoms with Crippen LogP contribution in [0.4, 0.5) is 0 Å². The summed E-state index contributed by atoms with van der Waals surface area (Å²) in [5.41, 5.74) is 1.10. The second kappa shape index (κ2) is 15.5. The van der Waals surface area contributed by atoms with Gasteiger partial charge in [-0.15, -0.1) is 24.0 Å². The summed E-state index contributed by atoms with van der Waals surface area (Å²) in [5, 5.41) is 3.42. The molecule has 0 saturated carbocycles. The number of hydrogen-bond donors (Lipinski definition) is 1. The standard InChI is InChI=1S/C22H37N3O4.HI/c1-5-11-29-20-8-7-18(14-21(20)27-4)15-24-22(23-6-2)25-10-9-19(16-25)17-28-13-12-26-3;/h7-8,14,19H,5-6,9-13,15-17H2,1-4H3,(H,23,24);1H. The number of nitrogens with zero attached hydrogens (tertiary/aromatic N) is 2. The van der Waals surface area contributed by atoms with Crippen LogP contribution in [0.1, 0.15) is 32.3 Å². The SMILES string of the molecule is CCCOc1ccc(CN=C(NCC)N2CCC(COCCOC)C2)cc1OC.I. The monoisotopic (exact) mass is 535 g/mol. The zero-order valence-corrected chi connectivity index (χ0v) is 21.1. The van der Waals surface area contributed by atoms with Crippen LogP contribution >= 0.6 is 24.0 Å². The van der Waals surface area contributed by atoms with Crippen molar-refractivity contribution < 1.29 is 18.9 Å². The number of likely N-dealkylation sites (tertiary alicyclic amines) is 1. The minimum Gasteiger partial charge on any atom is -0.493 e. The third-order valence-electron chi connectivity index (χ3n) is 4.81. The van der Waals surface area contributed by atoms with Gasteiger partial charge in [0, 0.05) is 32.7 Å². The Morgan fingerprint density at radius 3 is 2.70 bits per heavy atom. The average Bonchev–Trinajstić information content (AvgIpc) is 3.21. The van der Waals surface area contributed by atoms with E-state index in [0.29, 0.717) is 32.3 Å². The first-order chi connectivity index (χ1) is 14.2. The Kier molecular flexibility index (Phi) is 13.9. The average molecular weight is 535 g/mol. The van der Waals surface area contributed by atoms with Crippen molar-refractivity contribution >= 4 is 29.9 Å². The summed E-state index contributed by atoms with van der Waals surface area (Å²) in [5.74, 6) is 3.03. The van der Waals surface area contributed by atoms with Gasteiger partial charge in [-0.1, -0.05) is 13.0 Å². The molecule has 1 heterocycles. The van der Waals surface area contributed by atoms with Gasteiger partial charge in [-0.2, -0.15) is 0 Å². The molecule has 1 atom stereocenters. The van der Waals surface area contributed by atoms with Crippen LogP contribution in [0.15, 0.2) is 23.2 Å². The molecule has 8 heteroatoms. The molecule has 1 aromatic carbocycles. The molecular formula is C22H38IN3O4. The van der Waals surface area contributed by atoms with Crippen LogP contribution in [-0.4, -0.2) is 71.1 Å². The number of ether oxygens (including phenoxy) is 4. The number of nitrogens with one attached hydrogen (secondary N) is 1. The van der Waals surface area contributed by atoms with Crippen molar-refractivity contribution in [2.45, 2.75) is 33.2 Å². The molecule has 0 spiro atoms. The number of rotatable bonds is 12. The molecule has 172 valence electrons. The normalized spacial score (nSPS) is 16.3. The summed E-state index contributed by atoms with van der Waals surface area (Å²) in [4.78, 5) is 7.17. The highest BCUT2D eigenvalue weighted by Gasteiger charge is 2.25. The van der Waals surface area contributed by atoms with Gasteiger partial charge in [-0.25, -0.2) is 4.99 Å². The Balaban J connectivity index is 0.00000450. The van der Waals surface area contributed by atoms with E-state index in [-0.39, 0.29) is 24.0 Å². The molecule has 1 fully saturated rings. The van der Waals surface area contributed by atoms with Crippen LogP contribution < -0.4 is 14.8 Å². The lowest BCUT2D eigenvalue weighted by Gasteiger charge is -2.22. The number of benzene rings is 1. The quantitative estimate of drug-likeness (QED) is 0.191. The molecule has 1 aromatic rings. The van der Waals surface area contributed by atoms with E-state index < -0.39 is 0 Å². The fourth-order valence-electron chi connectivity index (χ4n) is 3.29. The Hall–Kier alpha value is -1.26. The number of hydrogen-bond acceptors (Lipinski definition) is 5. The zero-order valence-electron chi connectivity index (χ0n) is 18.8. The lowest BCUT2D eigenvalue weighted by molar-refractivity contribution is 0.0536. The van der Waals surface area contributed by atoms with Crippen molar-refractivity contribution in [1.82, 2.24) is 10.2 Å². The van der Waals surface area contributed by atoms with Crippen molar-refractivity contribution in [2.75, 3.05) is 60.3 Å². The van der Waals surface area contributed by atoms with Crippen LogP contribution in [0.25, 0.3) is 0 Å². The highest BCUT2D eigenvalue weighted by atomic mass is 127. The molecule has 30 heavy (non-hydrogen) atoms. The van der Waals surface area contributed by atoms with E-state index in [1.807, 2.05) is 12.1 Å². The third-order valence-corrected chi connectivity index (χ3v) is 4.81. The van der Waals surface area contributed by atoms with Crippen LogP contribution in [0.5, 0.6) is 11.5 Å². The van der Waals surface area contributed by atoms with Crippen LogP contribution in [0.3, 0.4) is 0 Å². The number of halogens is 1. The van der Waals surface area contributed by atoms with E-state index in [1.54, 1.807) is 14.2 Å². The Morgan fingerprint density at radius 2 is 2.00 bits per heavy atom. The summed E-state index contributed by atoms with van der Waals surface area (Å²) < 4.78 is 22.0. The number of aliphatic imine (C=N–C) groups is 1. The molecule has 0 aliphatic carbocycles. The minimum atomic E-state index is 0. The first-order valence-electron chi connectivity index (χ1n) is 10.6. The van der Waals surface area contributed by atoms with E-state index in [1.165, 1.54) is 0 Å². The largest absolute Gasteiger partial charge is 0.493 e.